The van der Waals surface area contributed by atoms with E-state index < -0.39 is 12.1 Å². The number of amides is 1. The first-order valence-electron chi connectivity index (χ1n) is 10.1. The van der Waals surface area contributed by atoms with Crippen molar-refractivity contribution in [3.05, 3.63) is 53.5 Å². The van der Waals surface area contributed by atoms with Crippen molar-refractivity contribution in [1.29, 1.82) is 0 Å². The third-order valence-corrected chi connectivity index (χ3v) is 5.98. The van der Waals surface area contributed by atoms with Gasteiger partial charge >= 0.3 is 6.09 Å². The predicted molar refractivity (Wildman–Crippen MR) is 108 cm³/mol. The predicted octanol–water partition coefficient (Wildman–Crippen LogP) is 5.66. The molecule has 0 bridgehead atoms. The highest BCUT2D eigenvalue weighted by Gasteiger charge is 2.36. The van der Waals surface area contributed by atoms with Gasteiger partial charge in [-0.15, -0.1) is 0 Å². The number of allylic oxidation sites excluding steroid dienone is 1. The molecule has 1 aliphatic heterocycles. The average Bonchev–Trinajstić information content (AvgIpc) is 2.67. The Morgan fingerprint density at radius 1 is 1.25 bits per heavy atom. The molecule has 3 rings (SSSR count). The molecular formula is C23H28N2O3. The molecule has 5 heteroatoms. The maximum atomic E-state index is 13.0. The number of rotatable bonds is 3. The van der Waals surface area contributed by atoms with Gasteiger partial charge in [0.1, 0.15) is 6.10 Å². The molecule has 1 heterocycles. The highest BCUT2D eigenvalue weighted by molar-refractivity contribution is 5.92. The van der Waals surface area contributed by atoms with Gasteiger partial charge in [-0.2, -0.15) is 0 Å². The Balaban J connectivity index is 1.80. The fourth-order valence-electron chi connectivity index (χ4n) is 4.30. The van der Waals surface area contributed by atoms with Crippen LogP contribution in [0.2, 0.25) is 0 Å². The van der Waals surface area contributed by atoms with Gasteiger partial charge in [0.2, 0.25) is 0 Å². The van der Waals surface area contributed by atoms with Crippen LogP contribution >= 0.6 is 0 Å². The molecule has 0 radical (unpaired) electrons. The van der Waals surface area contributed by atoms with Gasteiger partial charge in [-0.3, -0.25) is 9.69 Å². The van der Waals surface area contributed by atoms with Gasteiger partial charge in [-0.05, 0) is 42.2 Å². The molecule has 0 spiro atoms. The largest absolute Gasteiger partial charge is 0.446 e. The first-order valence-corrected chi connectivity index (χ1v) is 10.1. The van der Waals surface area contributed by atoms with Crippen molar-refractivity contribution < 1.29 is 14.3 Å². The lowest BCUT2D eigenvalue weighted by Crippen LogP contribution is -2.41. The van der Waals surface area contributed by atoms with Crippen LogP contribution in [-0.4, -0.2) is 22.9 Å². The summed E-state index contributed by atoms with van der Waals surface area (Å²) in [7, 11) is 0. The molecule has 148 valence electrons. The summed E-state index contributed by atoms with van der Waals surface area (Å²) in [5.74, 6) is 1.35. The maximum absolute atomic E-state index is 13.0. The molecule has 4 atom stereocenters. The molecule has 28 heavy (non-hydrogen) atoms. The molecule has 0 saturated heterocycles. The van der Waals surface area contributed by atoms with E-state index in [1.807, 2.05) is 12.1 Å². The van der Waals surface area contributed by atoms with E-state index in [2.05, 4.69) is 25.6 Å². The maximum Gasteiger partial charge on any atom is 0.414 e. The summed E-state index contributed by atoms with van der Waals surface area (Å²) >= 11 is 0. The zero-order valence-corrected chi connectivity index (χ0v) is 16.8. The number of benzene rings is 1. The van der Waals surface area contributed by atoms with Crippen LogP contribution in [0.4, 0.5) is 10.5 Å². The minimum Gasteiger partial charge on any atom is -0.446 e. The summed E-state index contributed by atoms with van der Waals surface area (Å²) in [6.45, 7) is 13.7. The number of hydrogen-bond acceptors (Lipinski definition) is 3. The Labute approximate surface area is 167 Å². The van der Waals surface area contributed by atoms with E-state index in [4.69, 9.17) is 11.3 Å². The molecule has 1 aliphatic carbocycles. The Morgan fingerprint density at radius 2 is 1.96 bits per heavy atom. The van der Waals surface area contributed by atoms with Crippen LogP contribution in [0, 0.1) is 24.3 Å². The van der Waals surface area contributed by atoms with Crippen molar-refractivity contribution in [1.82, 2.24) is 4.90 Å². The lowest BCUT2D eigenvalue weighted by atomic mass is 9.75. The van der Waals surface area contributed by atoms with Crippen LogP contribution in [0.15, 0.2) is 36.5 Å². The summed E-state index contributed by atoms with van der Waals surface area (Å²) in [5, 5.41) is 0. The summed E-state index contributed by atoms with van der Waals surface area (Å²) in [6.07, 6.45) is 5.85. The van der Waals surface area contributed by atoms with Crippen LogP contribution in [0.3, 0.4) is 0 Å². The number of hydrogen-bond donors (Lipinski definition) is 0. The molecule has 0 aromatic heterocycles. The highest BCUT2D eigenvalue weighted by Crippen LogP contribution is 2.37. The second kappa shape index (κ2) is 8.60. The van der Waals surface area contributed by atoms with Gasteiger partial charge in [-0.25, -0.2) is 9.64 Å². The van der Waals surface area contributed by atoms with Crippen molar-refractivity contribution in [3.8, 4) is 0 Å². The molecule has 1 saturated carbocycles. The van der Waals surface area contributed by atoms with E-state index in [0.717, 1.165) is 18.4 Å². The Morgan fingerprint density at radius 3 is 2.61 bits per heavy atom. The van der Waals surface area contributed by atoms with E-state index in [-0.39, 0.29) is 18.3 Å². The third kappa shape index (κ3) is 4.44. The Bertz CT molecular complexity index is 791. The van der Waals surface area contributed by atoms with Gasteiger partial charge in [0.25, 0.3) is 0 Å². The third-order valence-electron chi connectivity index (χ3n) is 5.98. The monoisotopic (exact) mass is 380 g/mol. The second-order valence-electron chi connectivity index (χ2n) is 8.36. The molecule has 1 aromatic carbocycles. The van der Waals surface area contributed by atoms with E-state index in [1.54, 1.807) is 12.1 Å². The molecule has 5 nitrogen and oxygen atoms in total. The van der Waals surface area contributed by atoms with Gasteiger partial charge in [-0.1, -0.05) is 51.5 Å². The topological polar surface area (TPSA) is 51.0 Å². The van der Waals surface area contributed by atoms with E-state index in [1.165, 1.54) is 23.6 Å². The molecule has 1 aromatic rings. The minimum absolute atomic E-state index is 0.0188. The fourth-order valence-corrected chi connectivity index (χ4v) is 4.30. The van der Waals surface area contributed by atoms with Crippen molar-refractivity contribution in [2.24, 2.45) is 17.8 Å². The quantitative estimate of drug-likeness (QED) is 0.635. The van der Waals surface area contributed by atoms with Gasteiger partial charge in [0, 0.05) is 12.6 Å². The fraction of sp³-hybridized carbons (Fsp3) is 0.522. The Kier molecular flexibility index (Phi) is 6.18. The van der Waals surface area contributed by atoms with Crippen molar-refractivity contribution in [2.45, 2.75) is 58.6 Å². The summed E-state index contributed by atoms with van der Waals surface area (Å²) in [4.78, 5) is 30.0. The van der Waals surface area contributed by atoms with Crippen LogP contribution in [0.5, 0.6) is 0 Å². The SMILES string of the molecule is [C-]#[N+]c1ccc(C2CC(=O)C=CN2C(=O)O[C@@H]2C[C@H](C)CC[C@H]2C(C)C)cc1. The van der Waals surface area contributed by atoms with Gasteiger partial charge < -0.3 is 4.74 Å². The molecule has 1 amide bonds. The van der Waals surface area contributed by atoms with Crippen LogP contribution < -0.4 is 0 Å². The standard InChI is InChI=1S/C23H28N2O3/c1-15(2)20-10-5-16(3)13-22(20)28-23(27)25-12-11-19(26)14-21(25)17-6-8-18(24-4)9-7-17/h6-9,11-12,15-16,20-22H,5,10,13-14H2,1-3H3/t16-,20+,21?,22-/m1/s1. The normalized spacial score (nSPS) is 27.5. The molecule has 1 unspecified atom stereocenters. The summed E-state index contributed by atoms with van der Waals surface area (Å²) in [5.41, 5.74) is 1.37. The lowest BCUT2D eigenvalue weighted by molar-refractivity contribution is -0.116. The van der Waals surface area contributed by atoms with E-state index >= 15 is 0 Å². The smallest absolute Gasteiger partial charge is 0.414 e. The lowest BCUT2D eigenvalue weighted by Gasteiger charge is -2.38. The number of nitrogens with zero attached hydrogens (tertiary/aromatic N) is 2. The van der Waals surface area contributed by atoms with Crippen LogP contribution in [0.25, 0.3) is 4.85 Å². The summed E-state index contributed by atoms with van der Waals surface area (Å²) in [6, 6.07) is 6.65. The molecule has 0 N–H and O–H groups in total. The minimum atomic E-state index is -0.400. The van der Waals surface area contributed by atoms with Crippen LogP contribution in [0.1, 0.15) is 58.1 Å². The average molecular weight is 380 g/mol. The molecule has 2 aliphatic rings. The first kappa shape index (κ1) is 20.1. The number of ether oxygens (including phenoxy) is 1. The van der Waals surface area contributed by atoms with Crippen molar-refractivity contribution in [2.75, 3.05) is 0 Å². The molecule has 1 fully saturated rings. The Hall–Kier alpha value is -2.61. The highest BCUT2D eigenvalue weighted by atomic mass is 16.6. The number of carbonyl (C=O) groups excluding carboxylic acids is 2. The zero-order valence-electron chi connectivity index (χ0n) is 16.8. The van der Waals surface area contributed by atoms with Crippen molar-refractivity contribution >= 4 is 17.6 Å². The molecular weight excluding hydrogens is 352 g/mol. The zero-order chi connectivity index (χ0) is 20.3. The van der Waals surface area contributed by atoms with Crippen LogP contribution in [-0.2, 0) is 9.53 Å². The van der Waals surface area contributed by atoms with Crippen molar-refractivity contribution in [3.63, 3.8) is 0 Å². The number of ketones is 1. The summed E-state index contributed by atoms with van der Waals surface area (Å²) < 4.78 is 5.98. The number of carbonyl (C=O) groups is 2. The van der Waals surface area contributed by atoms with E-state index in [0.29, 0.717) is 23.4 Å². The van der Waals surface area contributed by atoms with E-state index in [9.17, 15) is 9.59 Å². The van der Waals surface area contributed by atoms with Gasteiger partial charge in [0.15, 0.2) is 11.5 Å². The first-order chi connectivity index (χ1) is 13.4. The van der Waals surface area contributed by atoms with Gasteiger partial charge in [0.05, 0.1) is 12.6 Å². The second-order valence-corrected chi connectivity index (χ2v) is 8.36.